The highest BCUT2D eigenvalue weighted by Crippen LogP contribution is 2.16. The number of hydrogen-bond donors (Lipinski definition) is 1. The first-order valence-corrected chi connectivity index (χ1v) is 8.27. The second-order valence-electron chi connectivity index (χ2n) is 5.77. The predicted octanol–water partition coefficient (Wildman–Crippen LogP) is 3.89. The van der Waals surface area contributed by atoms with Crippen LogP contribution in [-0.2, 0) is 6.54 Å². The number of amides is 1. The van der Waals surface area contributed by atoms with Crippen molar-refractivity contribution in [2.24, 2.45) is 0 Å². The van der Waals surface area contributed by atoms with Crippen molar-refractivity contribution in [3.8, 4) is 5.75 Å². The van der Waals surface area contributed by atoms with Crippen LogP contribution in [0, 0.1) is 6.92 Å². The number of carbonyl (C=O) groups excluding carboxylic acids is 1. The van der Waals surface area contributed by atoms with Crippen LogP contribution in [0.3, 0.4) is 0 Å². The standard InChI is InChI=1S/C20H21N3O2/c1-3-25-18-6-4-5-17(13-18)20(24)22-19-11-12-21-23(19)14-16-9-7-15(2)8-10-16/h4-13H,3,14H2,1-2H3,(H,22,24). The fraction of sp³-hybridized carbons (Fsp3) is 0.200. The molecule has 3 aromatic rings. The highest BCUT2D eigenvalue weighted by Gasteiger charge is 2.11. The summed E-state index contributed by atoms with van der Waals surface area (Å²) in [5, 5.41) is 7.22. The molecule has 0 atom stereocenters. The lowest BCUT2D eigenvalue weighted by molar-refractivity contribution is 0.102. The zero-order valence-corrected chi connectivity index (χ0v) is 14.4. The normalized spacial score (nSPS) is 10.5. The summed E-state index contributed by atoms with van der Waals surface area (Å²) < 4.78 is 7.22. The molecule has 5 nitrogen and oxygen atoms in total. The molecule has 0 bridgehead atoms. The molecule has 1 heterocycles. The number of aryl methyl sites for hydroxylation is 1. The molecule has 0 aliphatic heterocycles. The smallest absolute Gasteiger partial charge is 0.256 e. The van der Waals surface area contributed by atoms with E-state index in [-0.39, 0.29) is 5.91 Å². The lowest BCUT2D eigenvalue weighted by atomic mass is 10.1. The van der Waals surface area contributed by atoms with Crippen molar-refractivity contribution in [2.45, 2.75) is 20.4 Å². The third kappa shape index (κ3) is 4.26. The molecule has 128 valence electrons. The van der Waals surface area contributed by atoms with Crippen LogP contribution in [0.2, 0.25) is 0 Å². The van der Waals surface area contributed by atoms with E-state index in [1.807, 2.05) is 19.1 Å². The molecule has 0 saturated carbocycles. The zero-order chi connectivity index (χ0) is 17.6. The Bertz CT molecular complexity index is 853. The Labute approximate surface area is 147 Å². The van der Waals surface area contributed by atoms with Gasteiger partial charge in [-0.2, -0.15) is 5.10 Å². The molecule has 3 rings (SSSR count). The highest BCUT2D eigenvalue weighted by molar-refractivity contribution is 6.04. The first kappa shape index (κ1) is 16.8. The Balaban J connectivity index is 1.73. The number of anilines is 1. The van der Waals surface area contributed by atoms with Crippen LogP contribution >= 0.6 is 0 Å². The van der Waals surface area contributed by atoms with Gasteiger partial charge in [0.2, 0.25) is 0 Å². The number of ether oxygens (including phenoxy) is 1. The number of nitrogens with one attached hydrogen (secondary N) is 1. The Kier molecular flexibility index (Phi) is 5.14. The van der Waals surface area contributed by atoms with E-state index in [0.29, 0.717) is 30.3 Å². The van der Waals surface area contributed by atoms with Crippen molar-refractivity contribution in [2.75, 3.05) is 11.9 Å². The molecular formula is C20H21N3O2. The summed E-state index contributed by atoms with van der Waals surface area (Å²) in [7, 11) is 0. The van der Waals surface area contributed by atoms with Gasteiger partial charge >= 0.3 is 0 Å². The molecule has 0 aliphatic carbocycles. The summed E-state index contributed by atoms with van der Waals surface area (Å²) >= 11 is 0. The molecule has 0 saturated heterocycles. The van der Waals surface area contributed by atoms with Crippen LogP contribution < -0.4 is 10.1 Å². The van der Waals surface area contributed by atoms with Crippen LogP contribution in [0.5, 0.6) is 5.75 Å². The van der Waals surface area contributed by atoms with Gasteiger partial charge in [0.15, 0.2) is 0 Å². The minimum atomic E-state index is -0.188. The third-order valence-corrected chi connectivity index (χ3v) is 3.82. The summed E-state index contributed by atoms with van der Waals surface area (Å²) in [4.78, 5) is 12.5. The first-order chi connectivity index (χ1) is 12.2. The molecule has 2 aromatic carbocycles. The fourth-order valence-corrected chi connectivity index (χ4v) is 2.51. The molecule has 5 heteroatoms. The van der Waals surface area contributed by atoms with Crippen LogP contribution in [0.15, 0.2) is 60.8 Å². The molecule has 1 N–H and O–H groups in total. The summed E-state index contributed by atoms with van der Waals surface area (Å²) in [6, 6.07) is 17.2. The zero-order valence-electron chi connectivity index (χ0n) is 14.4. The third-order valence-electron chi connectivity index (χ3n) is 3.82. The van der Waals surface area contributed by atoms with Crippen molar-refractivity contribution in [3.05, 3.63) is 77.5 Å². The first-order valence-electron chi connectivity index (χ1n) is 8.27. The number of nitrogens with zero attached hydrogens (tertiary/aromatic N) is 2. The van der Waals surface area contributed by atoms with Gasteiger partial charge in [-0.05, 0) is 37.6 Å². The topological polar surface area (TPSA) is 56.1 Å². The monoisotopic (exact) mass is 335 g/mol. The molecule has 0 spiro atoms. The minimum absolute atomic E-state index is 0.188. The van der Waals surface area contributed by atoms with Crippen molar-refractivity contribution in [3.63, 3.8) is 0 Å². The van der Waals surface area contributed by atoms with Crippen molar-refractivity contribution in [1.82, 2.24) is 9.78 Å². The van der Waals surface area contributed by atoms with E-state index in [1.165, 1.54) is 5.56 Å². The van der Waals surface area contributed by atoms with E-state index in [1.54, 1.807) is 29.1 Å². The molecule has 25 heavy (non-hydrogen) atoms. The van der Waals surface area contributed by atoms with Gasteiger partial charge in [-0.25, -0.2) is 4.68 Å². The number of rotatable bonds is 6. The Morgan fingerprint density at radius 3 is 2.72 bits per heavy atom. The fourth-order valence-electron chi connectivity index (χ4n) is 2.51. The number of benzene rings is 2. The average Bonchev–Trinajstić information content (AvgIpc) is 3.04. The van der Waals surface area contributed by atoms with E-state index >= 15 is 0 Å². The quantitative estimate of drug-likeness (QED) is 0.743. The lowest BCUT2D eigenvalue weighted by Crippen LogP contribution is -2.16. The largest absolute Gasteiger partial charge is 0.494 e. The molecule has 1 amide bonds. The Morgan fingerprint density at radius 2 is 1.96 bits per heavy atom. The van der Waals surface area contributed by atoms with Crippen molar-refractivity contribution >= 4 is 11.7 Å². The van der Waals surface area contributed by atoms with Gasteiger partial charge in [0.05, 0.1) is 19.3 Å². The number of aromatic nitrogens is 2. The lowest BCUT2D eigenvalue weighted by Gasteiger charge is -2.10. The predicted molar refractivity (Wildman–Crippen MR) is 98.1 cm³/mol. The molecular weight excluding hydrogens is 314 g/mol. The second-order valence-corrected chi connectivity index (χ2v) is 5.77. The summed E-state index contributed by atoms with van der Waals surface area (Å²) in [6.45, 7) is 5.13. The minimum Gasteiger partial charge on any atom is -0.494 e. The molecule has 0 aliphatic rings. The van der Waals surface area contributed by atoms with E-state index in [4.69, 9.17) is 4.74 Å². The highest BCUT2D eigenvalue weighted by atomic mass is 16.5. The second kappa shape index (κ2) is 7.66. The number of carbonyl (C=O) groups is 1. The van der Waals surface area contributed by atoms with Crippen LogP contribution in [-0.4, -0.2) is 22.3 Å². The maximum atomic E-state index is 12.5. The van der Waals surface area contributed by atoms with Gasteiger partial charge in [0, 0.05) is 11.6 Å². The molecule has 1 aromatic heterocycles. The van der Waals surface area contributed by atoms with Gasteiger partial charge in [-0.1, -0.05) is 35.9 Å². The summed E-state index contributed by atoms with van der Waals surface area (Å²) in [5.74, 6) is 1.16. The Morgan fingerprint density at radius 1 is 1.16 bits per heavy atom. The van der Waals surface area contributed by atoms with E-state index in [0.717, 1.165) is 5.56 Å². The van der Waals surface area contributed by atoms with Gasteiger partial charge in [-0.3, -0.25) is 4.79 Å². The van der Waals surface area contributed by atoms with E-state index < -0.39 is 0 Å². The maximum absolute atomic E-state index is 12.5. The van der Waals surface area contributed by atoms with Crippen LogP contribution in [0.4, 0.5) is 5.82 Å². The van der Waals surface area contributed by atoms with Crippen LogP contribution in [0.1, 0.15) is 28.4 Å². The molecule has 0 radical (unpaired) electrons. The van der Waals surface area contributed by atoms with E-state index in [9.17, 15) is 4.79 Å². The van der Waals surface area contributed by atoms with Crippen molar-refractivity contribution < 1.29 is 9.53 Å². The van der Waals surface area contributed by atoms with Gasteiger partial charge in [0.25, 0.3) is 5.91 Å². The van der Waals surface area contributed by atoms with Gasteiger partial charge in [-0.15, -0.1) is 0 Å². The summed E-state index contributed by atoms with van der Waals surface area (Å²) in [6.07, 6.45) is 1.68. The summed E-state index contributed by atoms with van der Waals surface area (Å²) in [5.41, 5.74) is 2.89. The maximum Gasteiger partial charge on any atom is 0.256 e. The molecule has 0 unspecified atom stereocenters. The number of hydrogen-bond acceptors (Lipinski definition) is 3. The average molecular weight is 335 g/mol. The van der Waals surface area contributed by atoms with Crippen molar-refractivity contribution in [1.29, 1.82) is 0 Å². The van der Waals surface area contributed by atoms with Gasteiger partial charge in [0.1, 0.15) is 11.6 Å². The van der Waals surface area contributed by atoms with E-state index in [2.05, 4.69) is 41.6 Å². The SMILES string of the molecule is CCOc1cccc(C(=O)Nc2ccnn2Cc2ccc(C)cc2)c1. The Hall–Kier alpha value is -3.08. The van der Waals surface area contributed by atoms with Gasteiger partial charge < -0.3 is 10.1 Å². The molecule has 0 fully saturated rings. The van der Waals surface area contributed by atoms with Crippen LogP contribution in [0.25, 0.3) is 0 Å².